The van der Waals surface area contributed by atoms with Crippen molar-refractivity contribution in [1.29, 1.82) is 0 Å². The second-order valence-corrected chi connectivity index (χ2v) is 7.50. The Hall–Kier alpha value is -3.12. The number of fused-ring (bicyclic) bond motifs is 1. The number of methoxy groups -OCH3 is 2. The molecule has 2 atom stereocenters. The van der Waals surface area contributed by atoms with E-state index in [0.717, 1.165) is 28.9 Å². The van der Waals surface area contributed by atoms with Crippen molar-refractivity contribution in [2.24, 2.45) is 16.9 Å². The molecule has 2 aromatic rings. The quantitative estimate of drug-likeness (QED) is 0.745. The van der Waals surface area contributed by atoms with Gasteiger partial charge in [-0.3, -0.25) is 4.79 Å². The topological polar surface area (TPSA) is 71.4 Å². The fourth-order valence-corrected chi connectivity index (χ4v) is 4.16. The summed E-state index contributed by atoms with van der Waals surface area (Å²) in [6.45, 7) is 0.0969. The first-order valence-corrected chi connectivity index (χ1v) is 10.2. The monoisotopic (exact) mass is 406 g/mol. The minimum absolute atomic E-state index is 0.0171. The van der Waals surface area contributed by atoms with Crippen LogP contribution in [0.2, 0.25) is 0 Å². The van der Waals surface area contributed by atoms with Gasteiger partial charge in [-0.1, -0.05) is 24.3 Å². The zero-order chi connectivity index (χ0) is 21.1. The predicted octanol–water partition coefficient (Wildman–Crippen LogP) is 3.57. The molecule has 0 saturated carbocycles. The van der Waals surface area contributed by atoms with Crippen LogP contribution in [0.5, 0.6) is 11.5 Å². The lowest BCUT2D eigenvalue weighted by Crippen LogP contribution is -2.45. The predicted molar refractivity (Wildman–Crippen MR) is 116 cm³/mol. The third-order valence-electron chi connectivity index (χ3n) is 5.78. The van der Waals surface area contributed by atoms with Crippen molar-refractivity contribution in [3.05, 3.63) is 65.7 Å². The Kier molecular flexibility index (Phi) is 5.86. The van der Waals surface area contributed by atoms with E-state index in [9.17, 15) is 4.79 Å². The Morgan fingerprint density at radius 1 is 1.00 bits per heavy atom. The van der Waals surface area contributed by atoms with Gasteiger partial charge in [0.15, 0.2) is 11.5 Å². The molecule has 0 spiro atoms. The van der Waals surface area contributed by atoms with Crippen molar-refractivity contribution in [2.75, 3.05) is 25.8 Å². The number of nitrogens with zero attached hydrogens (tertiary/aromatic N) is 2. The summed E-state index contributed by atoms with van der Waals surface area (Å²) in [6, 6.07) is 13.4. The highest BCUT2D eigenvalue weighted by molar-refractivity contribution is 6.11. The lowest BCUT2D eigenvalue weighted by Gasteiger charge is -2.37. The molecule has 0 aromatic heterocycles. The van der Waals surface area contributed by atoms with Gasteiger partial charge in [0.2, 0.25) is 0 Å². The number of carbonyl (C=O) groups is 1. The van der Waals surface area contributed by atoms with Crippen LogP contribution in [0.3, 0.4) is 0 Å². The number of hydrazone groups is 1. The summed E-state index contributed by atoms with van der Waals surface area (Å²) in [5.74, 6) is 1.20. The van der Waals surface area contributed by atoms with Gasteiger partial charge >= 0.3 is 0 Å². The maximum absolute atomic E-state index is 13.3. The molecular formula is C24H26N2O4. The average Bonchev–Trinajstić information content (AvgIpc) is 2.80. The molecule has 0 radical (unpaired) electrons. The summed E-state index contributed by atoms with van der Waals surface area (Å²) >= 11 is 0. The van der Waals surface area contributed by atoms with Crippen LogP contribution < -0.4 is 14.5 Å². The largest absolute Gasteiger partial charge is 0.493 e. The molecule has 6 heteroatoms. The van der Waals surface area contributed by atoms with Crippen molar-refractivity contribution >= 4 is 17.3 Å². The van der Waals surface area contributed by atoms with Gasteiger partial charge in [0, 0.05) is 18.1 Å². The van der Waals surface area contributed by atoms with Gasteiger partial charge < -0.3 is 14.6 Å². The van der Waals surface area contributed by atoms with Crippen LogP contribution in [0.1, 0.15) is 24.0 Å². The number of aliphatic hydroxyl groups is 1. The molecule has 2 aliphatic rings. The van der Waals surface area contributed by atoms with Crippen molar-refractivity contribution < 1.29 is 19.4 Å². The van der Waals surface area contributed by atoms with Gasteiger partial charge in [-0.25, -0.2) is 5.01 Å². The third-order valence-corrected chi connectivity index (χ3v) is 5.78. The van der Waals surface area contributed by atoms with E-state index in [1.807, 2.05) is 42.5 Å². The number of rotatable bonds is 6. The van der Waals surface area contributed by atoms with E-state index in [1.165, 1.54) is 5.01 Å². The van der Waals surface area contributed by atoms with Gasteiger partial charge in [0.1, 0.15) is 0 Å². The number of carbonyl (C=O) groups excluding carboxylic acids is 1. The molecule has 1 aliphatic carbocycles. The second-order valence-electron chi connectivity index (χ2n) is 7.50. The molecule has 6 nitrogen and oxygen atoms in total. The summed E-state index contributed by atoms with van der Waals surface area (Å²) in [6.07, 6.45) is 6.29. The van der Waals surface area contributed by atoms with Crippen LogP contribution in [-0.2, 0) is 11.2 Å². The summed E-state index contributed by atoms with van der Waals surface area (Å²) in [5, 5.41) is 15.5. The first-order chi connectivity index (χ1) is 14.7. The number of hydrogen-bond donors (Lipinski definition) is 1. The smallest absolute Gasteiger partial charge is 0.251 e. The lowest BCUT2D eigenvalue weighted by molar-refractivity contribution is -0.123. The fraction of sp³-hybridized carbons (Fsp3) is 0.333. The van der Waals surface area contributed by atoms with Crippen LogP contribution in [0, 0.1) is 11.8 Å². The highest BCUT2D eigenvalue weighted by atomic mass is 16.5. The number of aliphatic hydroxyl groups excluding tert-OH is 1. The maximum Gasteiger partial charge on any atom is 0.251 e. The van der Waals surface area contributed by atoms with E-state index in [1.54, 1.807) is 14.2 Å². The van der Waals surface area contributed by atoms with Crippen LogP contribution in [-0.4, -0.2) is 37.6 Å². The Labute approximate surface area is 176 Å². The zero-order valence-corrected chi connectivity index (χ0v) is 17.2. The van der Waals surface area contributed by atoms with Crippen LogP contribution in [0.15, 0.2) is 59.7 Å². The molecule has 2 aromatic carbocycles. The SMILES string of the molecule is COc1ccc(C2=NN(c3ccc(CCO)cc3)C(=O)[C@@H]3CC=CC[C@H]23)cc1OC. The van der Waals surface area contributed by atoms with Crippen LogP contribution >= 0.6 is 0 Å². The minimum atomic E-state index is -0.146. The van der Waals surface area contributed by atoms with E-state index >= 15 is 0 Å². The molecule has 1 N–H and O–H groups in total. The number of hydrogen-bond acceptors (Lipinski definition) is 5. The van der Waals surface area contributed by atoms with E-state index in [2.05, 4.69) is 12.2 Å². The molecular weight excluding hydrogens is 380 g/mol. The molecule has 0 saturated heterocycles. The van der Waals surface area contributed by atoms with Gasteiger partial charge in [0.05, 0.1) is 31.5 Å². The molecule has 156 valence electrons. The zero-order valence-electron chi connectivity index (χ0n) is 17.2. The van der Waals surface area contributed by atoms with Crippen LogP contribution in [0.4, 0.5) is 5.69 Å². The maximum atomic E-state index is 13.3. The Bertz CT molecular complexity index is 981. The van der Waals surface area contributed by atoms with E-state index in [-0.39, 0.29) is 24.3 Å². The van der Waals surface area contributed by atoms with Gasteiger partial charge in [0.25, 0.3) is 5.91 Å². The standard InChI is InChI=1S/C24H26N2O4/c1-29-21-12-9-17(15-22(21)30-2)23-19-5-3-4-6-20(19)24(28)26(25-23)18-10-7-16(8-11-18)13-14-27/h3-4,7-12,15,19-20,27H,5-6,13-14H2,1-2H3/t19-,20+/m0/s1. The number of anilines is 1. The first kappa shape index (κ1) is 20.2. The average molecular weight is 406 g/mol. The molecule has 1 heterocycles. The lowest BCUT2D eigenvalue weighted by atomic mass is 9.76. The molecule has 30 heavy (non-hydrogen) atoms. The summed E-state index contributed by atoms with van der Waals surface area (Å²) in [4.78, 5) is 13.3. The molecule has 0 unspecified atom stereocenters. The molecule has 1 amide bonds. The van der Waals surface area contributed by atoms with Crippen molar-refractivity contribution in [3.63, 3.8) is 0 Å². The normalized spacial score (nSPS) is 20.6. The van der Waals surface area contributed by atoms with Crippen molar-refractivity contribution in [3.8, 4) is 11.5 Å². The highest BCUT2D eigenvalue weighted by Crippen LogP contribution is 2.38. The Morgan fingerprint density at radius 3 is 2.37 bits per heavy atom. The fourth-order valence-electron chi connectivity index (χ4n) is 4.16. The molecule has 0 fully saturated rings. The second kappa shape index (κ2) is 8.71. The summed E-state index contributed by atoms with van der Waals surface area (Å²) in [5.41, 5.74) is 3.55. The van der Waals surface area contributed by atoms with E-state index in [4.69, 9.17) is 19.7 Å². The molecule has 4 rings (SSSR count). The number of amides is 1. The molecule has 0 bridgehead atoms. The van der Waals surface area contributed by atoms with Gasteiger partial charge in [-0.2, -0.15) is 5.10 Å². The van der Waals surface area contributed by atoms with E-state index in [0.29, 0.717) is 24.3 Å². The third kappa shape index (κ3) is 3.71. The molecule has 1 aliphatic heterocycles. The van der Waals surface area contributed by atoms with Crippen molar-refractivity contribution in [1.82, 2.24) is 0 Å². The number of allylic oxidation sites excluding steroid dienone is 2. The summed E-state index contributed by atoms with van der Waals surface area (Å²) in [7, 11) is 3.22. The Morgan fingerprint density at radius 2 is 1.70 bits per heavy atom. The Balaban J connectivity index is 1.77. The van der Waals surface area contributed by atoms with Gasteiger partial charge in [-0.15, -0.1) is 0 Å². The number of benzene rings is 2. The van der Waals surface area contributed by atoms with Crippen molar-refractivity contribution in [2.45, 2.75) is 19.3 Å². The number of ether oxygens (including phenoxy) is 2. The van der Waals surface area contributed by atoms with Crippen LogP contribution in [0.25, 0.3) is 0 Å². The highest BCUT2D eigenvalue weighted by Gasteiger charge is 2.40. The first-order valence-electron chi connectivity index (χ1n) is 10.2. The minimum Gasteiger partial charge on any atom is -0.493 e. The summed E-state index contributed by atoms with van der Waals surface area (Å²) < 4.78 is 10.8. The van der Waals surface area contributed by atoms with Gasteiger partial charge in [-0.05, 0) is 55.2 Å². The van der Waals surface area contributed by atoms with E-state index < -0.39 is 0 Å².